The van der Waals surface area contributed by atoms with E-state index in [0.717, 1.165) is 6.07 Å². The molecule has 7 heteroatoms. The number of carbonyl (C=O) groups excluding carboxylic acids is 1. The van der Waals surface area contributed by atoms with Crippen LogP contribution in [0.15, 0.2) is 36.4 Å². The molecule has 0 aromatic heterocycles. The fourth-order valence-corrected chi connectivity index (χ4v) is 1.92. The Balaban J connectivity index is 2.16. The number of amides is 2. The summed E-state index contributed by atoms with van der Waals surface area (Å²) in [6, 6.07) is 7.23. The lowest BCUT2D eigenvalue weighted by molar-refractivity contribution is 0.261. The van der Waals surface area contributed by atoms with Crippen LogP contribution in [-0.4, -0.2) is 11.1 Å². The van der Waals surface area contributed by atoms with E-state index in [1.807, 2.05) is 0 Å². The molecule has 0 aliphatic rings. The average molecular weight is 313 g/mol. The van der Waals surface area contributed by atoms with Gasteiger partial charge in [0.2, 0.25) is 0 Å². The number of anilines is 2. The summed E-state index contributed by atoms with van der Waals surface area (Å²) in [7, 11) is 0. The standard InChI is InChI=1S/C14H11ClF2N2O2/c15-8-2-1-3-10(4-8)18-14(21)19-13-6-9(16)5-12(17)11(13)7-20/h1-6,20H,7H2,(H2,18,19,21). The van der Waals surface area contributed by atoms with Gasteiger partial charge in [-0.1, -0.05) is 17.7 Å². The van der Waals surface area contributed by atoms with Gasteiger partial charge in [0.15, 0.2) is 0 Å². The van der Waals surface area contributed by atoms with E-state index in [-0.39, 0.29) is 11.3 Å². The lowest BCUT2D eigenvalue weighted by atomic mass is 10.1. The Hall–Kier alpha value is -2.18. The normalized spacial score (nSPS) is 10.3. The molecule has 0 radical (unpaired) electrons. The number of benzene rings is 2. The molecule has 0 bridgehead atoms. The van der Waals surface area contributed by atoms with Crippen LogP contribution < -0.4 is 10.6 Å². The Labute approximate surface area is 124 Å². The third kappa shape index (κ3) is 3.90. The van der Waals surface area contributed by atoms with E-state index >= 15 is 0 Å². The molecule has 0 saturated carbocycles. The number of nitrogens with one attached hydrogen (secondary N) is 2. The topological polar surface area (TPSA) is 61.4 Å². The summed E-state index contributed by atoms with van der Waals surface area (Å²) >= 11 is 5.77. The predicted octanol–water partition coefficient (Wildman–Crippen LogP) is 3.75. The zero-order valence-electron chi connectivity index (χ0n) is 10.7. The van der Waals surface area contributed by atoms with Crippen LogP contribution in [0, 0.1) is 11.6 Å². The molecule has 2 aromatic rings. The molecule has 2 amide bonds. The zero-order valence-corrected chi connectivity index (χ0v) is 11.4. The van der Waals surface area contributed by atoms with E-state index in [4.69, 9.17) is 16.7 Å². The first-order chi connectivity index (χ1) is 9.99. The minimum Gasteiger partial charge on any atom is -0.391 e. The van der Waals surface area contributed by atoms with Crippen LogP contribution in [0.25, 0.3) is 0 Å². The highest BCUT2D eigenvalue weighted by Crippen LogP contribution is 2.22. The van der Waals surface area contributed by atoms with Crippen LogP contribution in [0.2, 0.25) is 5.02 Å². The van der Waals surface area contributed by atoms with Gasteiger partial charge in [-0.05, 0) is 24.3 Å². The summed E-state index contributed by atoms with van der Waals surface area (Å²) in [5.74, 6) is -1.79. The smallest absolute Gasteiger partial charge is 0.323 e. The van der Waals surface area contributed by atoms with Gasteiger partial charge in [-0.15, -0.1) is 0 Å². The molecular formula is C14H11ClF2N2O2. The van der Waals surface area contributed by atoms with Gasteiger partial charge in [0.25, 0.3) is 0 Å². The summed E-state index contributed by atoms with van der Waals surface area (Å²) < 4.78 is 26.6. The maximum atomic E-state index is 13.5. The van der Waals surface area contributed by atoms with Crippen LogP contribution in [0.1, 0.15) is 5.56 Å². The van der Waals surface area contributed by atoms with Gasteiger partial charge < -0.3 is 15.7 Å². The first-order valence-electron chi connectivity index (χ1n) is 5.92. The van der Waals surface area contributed by atoms with Crippen molar-refractivity contribution in [2.45, 2.75) is 6.61 Å². The monoisotopic (exact) mass is 312 g/mol. The second-order valence-electron chi connectivity index (χ2n) is 4.16. The predicted molar refractivity (Wildman–Crippen MR) is 76.4 cm³/mol. The quantitative estimate of drug-likeness (QED) is 0.808. The number of aliphatic hydroxyl groups excluding tert-OH is 1. The largest absolute Gasteiger partial charge is 0.391 e. The van der Waals surface area contributed by atoms with Gasteiger partial charge in [-0.3, -0.25) is 0 Å². The molecular weight excluding hydrogens is 302 g/mol. The average Bonchev–Trinajstić information content (AvgIpc) is 2.37. The molecule has 0 saturated heterocycles. The van der Waals surface area contributed by atoms with Gasteiger partial charge >= 0.3 is 6.03 Å². The van der Waals surface area contributed by atoms with Gasteiger partial charge in [0.05, 0.1) is 12.3 Å². The maximum Gasteiger partial charge on any atom is 0.323 e. The molecule has 21 heavy (non-hydrogen) atoms. The third-order valence-electron chi connectivity index (χ3n) is 2.65. The molecule has 2 rings (SSSR count). The van der Waals surface area contributed by atoms with Crippen molar-refractivity contribution in [1.29, 1.82) is 0 Å². The molecule has 0 fully saturated rings. The second-order valence-corrected chi connectivity index (χ2v) is 4.60. The Morgan fingerprint density at radius 2 is 1.95 bits per heavy atom. The van der Waals surface area contributed by atoms with Crippen LogP contribution in [0.4, 0.5) is 25.0 Å². The van der Waals surface area contributed by atoms with Crippen LogP contribution >= 0.6 is 11.6 Å². The first kappa shape index (κ1) is 15.2. The van der Waals surface area contributed by atoms with Crippen LogP contribution in [0.3, 0.4) is 0 Å². The van der Waals surface area contributed by atoms with E-state index in [1.54, 1.807) is 18.2 Å². The minimum absolute atomic E-state index is 0.144. The van der Waals surface area contributed by atoms with Crippen molar-refractivity contribution in [2.24, 2.45) is 0 Å². The lowest BCUT2D eigenvalue weighted by Crippen LogP contribution is -2.20. The summed E-state index contributed by atoms with van der Waals surface area (Å²) in [6.07, 6.45) is 0. The molecule has 0 aliphatic carbocycles. The highest BCUT2D eigenvalue weighted by molar-refractivity contribution is 6.30. The van der Waals surface area contributed by atoms with E-state index in [2.05, 4.69) is 10.6 Å². The zero-order chi connectivity index (χ0) is 15.4. The fraction of sp³-hybridized carbons (Fsp3) is 0.0714. The number of rotatable bonds is 3. The molecule has 110 valence electrons. The number of hydrogen-bond donors (Lipinski definition) is 3. The molecule has 0 unspecified atom stereocenters. The van der Waals surface area contributed by atoms with Gasteiger partial charge in [0, 0.05) is 22.3 Å². The molecule has 4 nitrogen and oxygen atoms in total. The number of urea groups is 1. The summed E-state index contributed by atoms with van der Waals surface area (Å²) in [5.41, 5.74) is 0.0783. The number of hydrogen-bond acceptors (Lipinski definition) is 2. The molecule has 0 aliphatic heterocycles. The SMILES string of the molecule is O=C(Nc1cccc(Cl)c1)Nc1cc(F)cc(F)c1CO. The minimum atomic E-state index is -0.935. The van der Waals surface area contributed by atoms with Crippen LogP contribution in [0.5, 0.6) is 0 Å². The second kappa shape index (κ2) is 6.51. The summed E-state index contributed by atoms with van der Waals surface area (Å²) in [6.45, 7) is -0.668. The fourth-order valence-electron chi connectivity index (χ4n) is 1.73. The molecule has 0 atom stereocenters. The summed E-state index contributed by atoms with van der Waals surface area (Å²) in [4.78, 5) is 11.8. The van der Waals surface area contributed by atoms with Gasteiger partial charge in [-0.2, -0.15) is 0 Å². The van der Waals surface area contributed by atoms with Crippen molar-refractivity contribution in [3.63, 3.8) is 0 Å². The Bertz CT molecular complexity index is 680. The number of halogens is 3. The van der Waals surface area contributed by atoms with Crippen molar-refractivity contribution in [3.05, 3.63) is 58.6 Å². The van der Waals surface area contributed by atoms with E-state index in [1.165, 1.54) is 6.07 Å². The highest BCUT2D eigenvalue weighted by atomic mass is 35.5. The van der Waals surface area contributed by atoms with E-state index in [0.29, 0.717) is 16.8 Å². The van der Waals surface area contributed by atoms with Crippen molar-refractivity contribution in [3.8, 4) is 0 Å². The van der Waals surface area contributed by atoms with E-state index < -0.39 is 24.3 Å². The number of aliphatic hydroxyl groups is 1. The Kier molecular flexibility index (Phi) is 4.72. The van der Waals surface area contributed by atoms with E-state index in [9.17, 15) is 13.6 Å². The molecule has 2 aromatic carbocycles. The molecule has 3 N–H and O–H groups in total. The van der Waals surface area contributed by atoms with Crippen LogP contribution in [-0.2, 0) is 6.61 Å². The van der Waals surface area contributed by atoms with Crippen molar-refractivity contribution < 1.29 is 18.7 Å². The highest BCUT2D eigenvalue weighted by Gasteiger charge is 2.13. The van der Waals surface area contributed by atoms with Crippen molar-refractivity contribution in [1.82, 2.24) is 0 Å². The number of carbonyl (C=O) groups is 1. The molecule has 0 spiro atoms. The Morgan fingerprint density at radius 1 is 1.19 bits per heavy atom. The Morgan fingerprint density at radius 3 is 2.62 bits per heavy atom. The summed E-state index contributed by atoms with van der Waals surface area (Å²) in [5, 5.41) is 14.2. The van der Waals surface area contributed by atoms with Crippen molar-refractivity contribution in [2.75, 3.05) is 10.6 Å². The van der Waals surface area contributed by atoms with Crippen molar-refractivity contribution >= 4 is 29.0 Å². The maximum absolute atomic E-state index is 13.5. The third-order valence-corrected chi connectivity index (χ3v) is 2.88. The van der Waals surface area contributed by atoms with Gasteiger partial charge in [0.1, 0.15) is 11.6 Å². The molecule has 0 heterocycles. The first-order valence-corrected chi connectivity index (χ1v) is 6.29. The van der Waals surface area contributed by atoms with Gasteiger partial charge in [-0.25, -0.2) is 13.6 Å². The lowest BCUT2D eigenvalue weighted by Gasteiger charge is -2.12.